The highest BCUT2D eigenvalue weighted by atomic mass is 16.5. The van der Waals surface area contributed by atoms with E-state index in [0.717, 1.165) is 6.42 Å². The molecule has 0 radical (unpaired) electrons. The lowest BCUT2D eigenvalue weighted by Crippen LogP contribution is -2.29. The number of nitrogen functional groups attached to an aromatic ring is 1. The Morgan fingerprint density at radius 1 is 1.50 bits per heavy atom. The summed E-state index contributed by atoms with van der Waals surface area (Å²) < 4.78 is 5.48. The molecule has 20 heavy (non-hydrogen) atoms. The summed E-state index contributed by atoms with van der Waals surface area (Å²) in [4.78, 5) is 23.0. The fourth-order valence-electron chi connectivity index (χ4n) is 2.39. The monoisotopic (exact) mass is 278 g/mol. The van der Waals surface area contributed by atoms with Crippen molar-refractivity contribution < 1.29 is 19.4 Å². The summed E-state index contributed by atoms with van der Waals surface area (Å²) >= 11 is 0. The van der Waals surface area contributed by atoms with Crippen molar-refractivity contribution in [3.05, 3.63) is 23.8 Å². The topological polar surface area (TPSA) is 102 Å². The molecule has 0 aromatic heterocycles. The first-order valence-corrected chi connectivity index (χ1v) is 6.58. The normalized spacial score (nSPS) is 21.6. The highest BCUT2D eigenvalue weighted by Crippen LogP contribution is 2.26. The van der Waals surface area contributed by atoms with Gasteiger partial charge in [-0.1, -0.05) is 6.92 Å². The smallest absolute Gasteiger partial charge is 0.335 e. The number of nitrogens with two attached hydrogens (primary N) is 1. The van der Waals surface area contributed by atoms with Crippen LogP contribution in [0.1, 0.15) is 30.1 Å². The lowest BCUT2D eigenvalue weighted by atomic mass is 9.98. The molecule has 1 aromatic rings. The number of anilines is 2. The van der Waals surface area contributed by atoms with Crippen molar-refractivity contribution in [3.8, 4) is 0 Å². The minimum atomic E-state index is -1.05. The molecule has 6 nitrogen and oxygen atoms in total. The van der Waals surface area contributed by atoms with Gasteiger partial charge in [0.15, 0.2) is 0 Å². The Morgan fingerprint density at radius 2 is 2.25 bits per heavy atom. The van der Waals surface area contributed by atoms with Gasteiger partial charge in [-0.2, -0.15) is 0 Å². The van der Waals surface area contributed by atoms with E-state index in [0.29, 0.717) is 18.7 Å². The number of carboxylic acids is 1. The second-order valence-electron chi connectivity index (χ2n) is 4.81. The molecule has 1 amide bonds. The molecule has 1 aliphatic rings. The number of hydrogen-bond donors (Lipinski definition) is 3. The van der Waals surface area contributed by atoms with Gasteiger partial charge in [0.25, 0.3) is 0 Å². The van der Waals surface area contributed by atoms with E-state index >= 15 is 0 Å². The number of carboxylic acid groups (broad SMARTS) is 1. The van der Waals surface area contributed by atoms with Crippen LogP contribution in [0.15, 0.2) is 18.2 Å². The van der Waals surface area contributed by atoms with E-state index in [1.807, 2.05) is 6.92 Å². The molecule has 6 heteroatoms. The molecular formula is C14H18N2O4. The van der Waals surface area contributed by atoms with E-state index in [1.165, 1.54) is 18.2 Å². The maximum Gasteiger partial charge on any atom is 0.335 e. The van der Waals surface area contributed by atoms with Gasteiger partial charge >= 0.3 is 5.97 Å². The van der Waals surface area contributed by atoms with Gasteiger partial charge in [0.05, 0.1) is 29.0 Å². The van der Waals surface area contributed by atoms with Crippen molar-refractivity contribution in [1.82, 2.24) is 0 Å². The zero-order chi connectivity index (χ0) is 14.7. The largest absolute Gasteiger partial charge is 0.478 e. The number of carbonyl (C=O) groups excluding carboxylic acids is 1. The Bertz CT molecular complexity index is 530. The Morgan fingerprint density at radius 3 is 2.85 bits per heavy atom. The highest BCUT2D eigenvalue weighted by Gasteiger charge is 2.32. The van der Waals surface area contributed by atoms with Gasteiger partial charge in [-0.05, 0) is 31.0 Å². The summed E-state index contributed by atoms with van der Waals surface area (Å²) in [5.74, 6) is -1.37. The molecule has 108 valence electrons. The Labute approximate surface area is 116 Å². The van der Waals surface area contributed by atoms with Crippen LogP contribution in [0.5, 0.6) is 0 Å². The third kappa shape index (κ3) is 2.91. The van der Waals surface area contributed by atoms with Crippen LogP contribution in [0.4, 0.5) is 11.4 Å². The molecule has 2 atom stereocenters. The van der Waals surface area contributed by atoms with Gasteiger partial charge in [0.1, 0.15) is 0 Å². The maximum absolute atomic E-state index is 12.2. The summed E-state index contributed by atoms with van der Waals surface area (Å²) in [5.41, 5.74) is 6.53. The van der Waals surface area contributed by atoms with E-state index in [9.17, 15) is 9.59 Å². The average Bonchev–Trinajstić information content (AvgIpc) is 2.89. The van der Waals surface area contributed by atoms with Crippen molar-refractivity contribution in [1.29, 1.82) is 0 Å². The molecule has 1 fully saturated rings. The minimum Gasteiger partial charge on any atom is -0.478 e. The lowest BCUT2D eigenvalue weighted by molar-refractivity contribution is -0.121. The highest BCUT2D eigenvalue weighted by molar-refractivity contribution is 5.97. The molecule has 0 aliphatic carbocycles. The van der Waals surface area contributed by atoms with Crippen molar-refractivity contribution in [2.24, 2.45) is 5.92 Å². The zero-order valence-corrected chi connectivity index (χ0v) is 11.3. The first-order valence-electron chi connectivity index (χ1n) is 6.58. The van der Waals surface area contributed by atoms with Gasteiger partial charge in [-0.3, -0.25) is 4.79 Å². The average molecular weight is 278 g/mol. The van der Waals surface area contributed by atoms with Gasteiger partial charge in [0, 0.05) is 6.61 Å². The Balaban J connectivity index is 2.10. The number of nitrogens with one attached hydrogen (secondary N) is 1. The van der Waals surface area contributed by atoms with Crippen molar-refractivity contribution in [2.45, 2.75) is 25.9 Å². The number of benzene rings is 1. The minimum absolute atomic E-state index is 0.0606. The molecule has 1 aromatic carbocycles. The fraction of sp³-hybridized carbons (Fsp3) is 0.429. The number of hydrogen-bond acceptors (Lipinski definition) is 4. The molecule has 0 saturated carbocycles. The summed E-state index contributed by atoms with van der Waals surface area (Å²) in [6.45, 7) is 2.57. The number of ether oxygens (including phenoxy) is 1. The molecule has 1 saturated heterocycles. The van der Waals surface area contributed by atoms with Crippen LogP contribution in [0, 0.1) is 5.92 Å². The van der Waals surface area contributed by atoms with E-state index in [1.54, 1.807) is 0 Å². The van der Waals surface area contributed by atoms with Crippen LogP contribution in [0.25, 0.3) is 0 Å². The SMILES string of the molecule is CCC1OCCC1C(=O)Nc1ccc(C(=O)O)cc1N. The van der Waals surface area contributed by atoms with Crippen molar-refractivity contribution in [2.75, 3.05) is 17.7 Å². The number of aromatic carboxylic acids is 1. The Kier molecular flexibility index (Phi) is 4.24. The molecule has 2 rings (SSSR count). The van der Waals surface area contributed by atoms with Gasteiger partial charge in [-0.15, -0.1) is 0 Å². The van der Waals surface area contributed by atoms with Crippen LogP contribution < -0.4 is 11.1 Å². The first kappa shape index (κ1) is 14.3. The summed E-state index contributed by atoms with van der Waals surface area (Å²) in [6.07, 6.45) is 1.41. The number of amides is 1. The van der Waals surface area contributed by atoms with Crippen LogP contribution in [-0.4, -0.2) is 29.7 Å². The molecule has 2 unspecified atom stereocenters. The molecule has 1 aliphatic heterocycles. The second kappa shape index (κ2) is 5.92. The standard InChI is InChI=1S/C14H18N2O4/c1-2-12-9(5-6-20-12)13(17)16-11-4-3-8(14(18)19)7-10(11)15/h3-4,7,9,12H,2,5-6,15H2,1H3,(H,16,17)(H,18,19). The molecule has 0 spiro atoms. The maximum atomic E-state index is 12.2. The lowest BCUT2D eigenvalue weighted by Gasteiger charge is -2.17. The van der Waals surface area contributed by atoms with Crippen LogP contribution in [0.2, 0.25) is 0 Å². The third-order valence-corrected chi connectivity index (χ3v) is 3.51. The molecule has 1 heterocycles. The number of rotatable bonds is 4. The summed E-state index contributed by atoms with van der Waals surface area (Å²) in [5, 5.41) is 11.6. The van der Waals surface area contributed by atoms with E-state index < -0.39 is 5.97 Å². The predicted octanol–water partition coefficient (Wildman–Crippen LogP) is 1.72. The summed E-state index contributed by atoms with van der Waals surface area (Å²) in [7, 11) is 0. The van der Waals surface area contributed by atoms with Crippen LogP contribution in [0.3, 0.4) is 0 Å². The zero-order valence-electron chi connectivity index (χ0n) is 11.3. The van der Waals surface area contributed by atoms with Crippen molar-refractivity contribution >= 4 is 23.3 Å². The van der Waals surface area contributed by atoms with Gasteiger partial charge < -0.3 is 20.9 Å². The first-order chi connectivity index (χ1) is 9.52. The van der Waals surface area contributed by atoms with E-state index in [-0.39, 0.29) is 29.2 Å². The fourth-order valence-corrected chi connectivity index (χ4v) is 2.39. The van der Waals surface area contributed by atoms with E-state index in [4.69, 9.17) is 15.6 Å². The van der Waals surface area contributed by atoms with Crippen LogP contribution >= 0.6 is 0 Å². The summed E-state index contributed by atoms with van der Waals surface area (Å²) in [6, 6.07) is 4.25. The van der Waals surface area contributed by atoms with Crippen molar-refractivity contribution in [3.63, 3.8) is 0 Å². The molecule has 4 N–H and O–H groups in total. The quantitative estimate of drug-likeness (QED) is 0.728. The van der Waals surface area contributed by atoms with E-state index in [2.05, 4.69) is 5.32 Å². The van der Waals surface area contributed by atoms with Gasteiger partial charge in [-0.25, -0.2) is 4.79 Å². The van der Waals surface area contributed by atoms with Gasteiger partial charge in [0.2, 0.25) is 5.91 Å². The molecule has 0 bridgehead atoms. The Hall–Kier alpha value is -2.08. The third-order valence-electron chi connectivity index (χ3n) is 3.51. The predicted molar refractivity (Wildman–Crippen MR) is 74.6 cm³/mol. The number of carbonyl (C=O) groups is 2. The molecular weight excluding hydrogens is 260 g/mol. The van der Waals surface area contributed by atoms with Crippen LogP contribution in [-0.2, 0) is 9.53 Å². The second-order valence-corrected chi connectivity index (χ2v) is 4.81.